The normalized spacial score (nSPS) is 31.1. The zero-order valence-corrected chi connectivity index (χ0v) is 31.8. The predicted octanol–water partition coefficient (Wildman–Crippen LogP) is 9.85. The van der Waals surface area contributed by atoms with E-state index in [4.69, 9.17) is 9.47 Å². The Hall–Kier alpha value is -3.47. The van der Waals surface area contributed by atoms with Crippen LogP contribution in [0.25, 0.3) is 0 Å². The number of rotatable bonds is 10. The molecule has 0 bridgehead atoms. The summed E-state index contributed by atoms with van der Waals surface area (Å²) in [6.45, 7) is 22.1. The second kappa shape index (κ2) is 16.5. The number of allylic oxidation sites excluding steroid dienone is 15. The van der Waals surface area contributed by atoms with E-state index < -0.39 is 11.2 Å². The van der Waals surface area contributed by atoms with Crippen molar-refractivity contribution in [3.8, 4) is 0 Å². The van der Waals surface area contributed by atoms with Gasteiger partial charge in [0.05, 0.1) is 23.4 Å². The Morgan fingerprint density at radius 1 is 0.776 bits per heavy atom. The number of esters is 1. The van der Waals surface area contributed by atoms with Crippen LogP contribution in [0.3, 0.4) is 0 Å². The van der Waals surface area contributed by atoms with Gasteiger partial charge in [-0.2, -0.15) is 0 Å². The maximum absolute atomic E-state index is 11.4. The molecule has 0 aromatic heterocycles. The van der Waals surface area contributed by atoms with E-state index in [1.165, 1.54) is 12.5 Å². The summed E-state index contributed by atoms with van der Waals surface area (Å²) in [5.41, 5.74) is 8.08. The van der Waals surface area contributed by atoms with Crippen LogP contribution in [0.4, 0.5) is 0 Å². The van der Waals surface area contributed by atoms with Gasteiger partial charge in [-0.05, 0) is 88.5 Å². The third-order valence-corrected chi connectivity index (χ3v) is 9.68. The molecular weight excluding hydrogens is 608 g/mol. The average Bonchev–Trinajstić information content (AvgIpc) is 3.31. The molecular formula is C44H60O5. The molecule has 0 spiro atoms. The molecule has 0 radical (unpaired) electrons. The molecule has 5 atom stereocenters. The second-order valence-electron chi connectivity index (χ2n) is 15.9. The number of fused-ring (bicyclic) bond motifs is 1. The van der Waals surface area contributed by atoms with Gasteiger partial charge >= 0.3 is 5.97 Å². The molecule has 1 heterocycles. The van der Waals surface area contributed by atoms with Crippen LogP contribution in [0.15, 0.2) is 124 Å². The molecule has 0 aromatic carbocycles. The highest BCUT2D eigenvalue weighted by Gasteiger charge is 2.50. The maximum Gasteiger partial charge on any atom is 0.302 e. The van der Waals surface area contributed by atoms with Crippen molar-refractivity contribution < 1.29 is 24.5 Å². The molecule has 0 saturated heterocycles. The molecule has 3 rings (SSSR count). The zero-order chi connectivity index (χ0) is 36.6. The Balaban J connectivity index is 1.52. The Morgan fingerprint density at radius 3 is 1.90 bits per heavy atom. The van der Waals surface area contributed by atoms with E-state index in [1.807, 2.05) is 43.4 Å². The first-order valence-electron chi connectivity index (χ1n) is 17.6. The fourth-order valence-electron chi connectivity index (χ4n) is 7.65. The number of carbonyl (C=O) groups excluding carboxylic acids is 1. The molecule has 2 fully saturated rings. The van der Waals surface area contributed by atoms with Crippen LogP contribution in [-0.2, 0) is 14.3 Å². The summed E-state index contributed by atoms with van der Waals surface area (Å²) >= 11 is 0. The third-order valence-electron chi connectivity index (χ3n) is 9.68. The van der Waals surface area contributed by atoms with E-state index in [0.717, 1.165) is 34.3 Å². The van der Waals surface area contributed by atoms with E-state index in [-0.39, 0.29) is 35.1 Å². The molecule has 1 aliphatic heterocycles. The highest BCUT2D eigenvalue weighted by atomic mass is 16.5. The average molecular weight is 669 g/mol. The molecule has 0 unspecified atom stereocenters. The van der Waals surface area contributed by atoms with Gasteiger partial charge in [-0.15, -0.1) is 5.73 Å². The van der Waals surface area contributed by atoms with Crippen LogP contribution >= 0.6 is 0 Å². The lowest BCUT2D eigenvalue weighted by Gasteiger charge is -2.44. The molecule has 49 heavy (non-hydrogen) atoms. The van der Waals surface area contributed by atoms with Crippen LogP contribution < -0.4 is 0 Å². The van der Waals surface area contributed by atoms with Gasteiger partial charge in [0.25, 0.3) is 0 Å². The Morgan fingerprint density at radius 2 is 1.33 bits per heavy atom. The summed E-state index contributed by atoms with van der Waals surface area (Å²) in [6, 6.07) is 0. The Kier molecular flexibility index (Phi) is 13.5. The van der Waals surface area contributed by atoms with Crippen molar-refractivity contribution >= 4 is 5.97 Å². The largest absolute Gasteiger partial charge is 0.462 e. The predicted molar refractivity (Wildman–Crippen MR) is 203 cm³/mol. The molecule has 3 aliphatic rings. The number of ether oxygens (including phenoxy) is 2. The molecule has 2 aliphatic carbocycles. The van der Waals surface area contributed by atoms with Gasteiger partial charge in [-0.25, -0.2) is 0 Å². The van der Waals surface area contributed by atoms with Crippen molar-refractivity contribution in [1.29, 1.82) is 0 Å². The summed E-state index contributed by atoms with van der Waals surface area (Å²) in [4.78, 5) is 11.4. The highest BCUT2D eigenvalue weighted by molar-refractivity contribution is 5.66. The van der Waals surface area contributed by atoms with Crippen LogP contribution in [0.1, 0.15) is 102 Å². The SMILES string of the molecule is CC(=O)O[C@H]1CC(C)(C)C(=C=C/C=C/C(C)=C/C=C/C(C)=C/C=C/C=C(C)/C=C/C=C(\C)[C@@H]2C=C3C(C)(C)C[C@H](O)C[C@@]3(C)O2)[C@](C)(O)C1. The minimum atomic E-state index is -1.09. The van der Waals surface area contributed by atoms with Crippen LogP contribution in [0, 0.1) is 10.8 Å². The highest BCUT2D eigenvalue weighted by Crippen LogP contribution is 2.52. The van der Waals surface area contributed by atoms with Gasteiger partial charge in [0.2, 0.25) is 0 Å². The molecule has 2 saturated carbocycles. The molecule has 266 valence electrons. The third kappa shape index (κ3) is 11.5. The number of hydrogen-bond donors (Lipinski definition) is 2. The summed E-state index contributed by atoms with van der Waals surface area (Å²) in [5.74, 6) is -0.319. The van der Waals surface area contributed by atoms with E-state index in [1.54, 1.807) is 6.92 Å². The zero-order valence-electron chi connectivity index (χ0n) is 31.8. The van der Waals surface area contributed by atoms with Gasteiger partial charge in [0, 0.05) is 25.3 Å². The van der Waals surface area contributed by atoms with Gasteiger partial charge < -0.3 is 19.7 Å². The monoisotopic (exact) mass is 668 g/mol. The fourth-order valence-corrected chi connectivity index (χ4v) is 7.65. The topological polar surface area (TPSA) is 76.0 Å². The maximum atomic E-state index is 11.4. The minimum absolute atomic E-state index is 0.0610. The summed E-state index contributed by atoms with van der Waals surface area (Å²) < 4.78 is 11.9. The van der Waals surface area contributed by atoms with Crippen LogP contribution in [-0.4, -0.2) is 45.7 Å². The van der Waals surface area contributed by atoms with Crippen molar-refractivity contribution in [3.63, 3.8) is 0 Å². The Bertz CT molecular complexity index is 1550. The van der Waals surface area contributed by atoms with E-state index in [0.29, 0.717) is 19.3 Å². The number of aliphatic hydroxyl groups excluding tert-OH is 1. The number of carbonyl (C=O) groups is 1. The van der Waals surface area contributed by atoms with E-state index in [2.05, 4.69) is 110 Å². The molecule has 5 nitrogen and oxygen atoms in total. The number of aliphatic hydroxyl groups is 2. The quantitative estimate of drug-likeness (QED) is 0.105. The van der Waals surface area contributed by atoms with Crippen LogP contribution in [0.5, 0.6) is 0 Å². The van der Waals surface area contributed by atoms with Crippen molar-refractivity contribution in [3.05, 3.63) is 124 Å². The first kappa shape index (κ1) is 40.0. The van der Waals surface area contributed by atoms with E-state index in [9.17, 15) is 15.0 Å². The minimum Gasteiger partial charge on any atom is -0.462 e. The summed E-state index contributed by atoms with van der Waals surface area (Å²) in [7, 11) is 0. The first-order chi connectivity index (χ1) is 22.7. The van der Waals surface area contributed by atoms with Crippen molar-refractivity contribution in [2.45, 2.75) is 131 Å². The second-order valence-corrected chi connectivity index (χ2v) is 15.9. The van der Waals surface area contributed by atoms with Crippen molar-refractivity contribution in [2.24, 2.45) is 10.8 Å². The first-order valence-corrected chi connectivity index (χ1v) is 17.6. The summed E-state index contributed by atoms with van der Waals surface area (Å²) in [6.07, 6.45) is 30.5. The fraction of sp³-hybridized carbons (Fsp3) is 0.500. The standard InChI is InChI=1S/C44H60O5/c1-31(21-16-22-32(2)20-14-15-25-39-42(8,9)29-37(48-35(5)45)30-43(39,10)47)18-12-13-19-33(3)23-17-24-34(4)38-26-40-41(6,7)27-36(46)28-44(40,11)49-38/h12-24,26,36-38,46-47H,27-30H2,1-11H3/b13-12+,20-14+,21-16+,23-17+,31-18+,32-22+,33-19+,34-24+/t25?,36-,37-,38-,43+,44+/m0/s1. The lowest BCUT2D eigenvalue weighted by molar-refractivity contribution is -0.152. The molecule has 2 N–H and O–H groups in total. The molecule has 0 amide bonds. The van der Waals surface area contributed by atoms with Gasteiger partial charge in [0.1, 0.15) is 6.10 Å². The van der Waals surface area contributed by atoms with Crippen molar-refractivity contribution in [1.82, 2.24) is 0 Å². The van der Waals surface area contributed by atoms with E-state index >= 15 is 0 Å². The van der Waals surface area contributed by atoms with Gasteiger partial charge in [-0.1, -0.05) is 117 Å². The molecule has 5 heteroatoms. The summed E-state index contributed by atoms with van der Waals surface area (Å²) in [5, 5.41) is 21.5. The van der Waals surface area contributed by atoms with Gasteiger partial charge in [0.15, 0.2) is 0 Å². The van der Waals surface area contributed by atoms with Crippen LogP contribution in [0.2, 0.25) is 0 Å². The smallest absolute Gasteiger partial charge is 0.302 e. The lowest BCUT2D eigenvalue weighted by atomic mass is 9.65. The Labute approximate surface area is 296 Å². The lowest BCUT2D eigenvalue weighted by Crippen LogP contribution is -2.46. The molecule has 0 aromatic rings. The van der Waals surface area contributed by atoms with Crippen molar-refractivity contribution in [2.75, 3.05) is 0 Å². The number of hydrogen-bond acceptors (Lipinski definition) is 5. The van der Waals surface area contributed by atoms with Gasteiger partial charge in [-0.3, -0.25) is 4.79 Å².